The van der Waals surface area contributed by atoms with Gasteiger partial charge in [0.2, 0.25) is 0 Å². The summed E-state index contributed by atoms with van der Waals surface area (Å²) in [5.74, 6) is 1.89. The van der Waals surface area contributed by atoms with Crippen molar-refractivity contribution in [3.8, 4) is 0 Å². The van der Waals surface area contributed by atoms with Crippen LogP contribution in [0.25, 0.3) is 0 Å². The molecule has 2 saturated heterocycles. The molecule has 3 nitrogen and oxygen atoms in total. The first-order valence-electron chi connectivity index (χ1n) is 9.73. The van der Waals surface area contributed by atoms with Crippen molar-refractivity contribution in [2.75, 3.05) is 45.9 Å². The molecule has 0 aromatic rings. The molecule has 2 aliphatic heterocycles. The van der Waals surface area contributed by atoms with Crippen LogP contribution in [0.5, 0.6) is 0 Å². The summed E-state index contributed by atoms with van der Waals surface area (Å²) in [5, 5.41) is 0. The van der Waals surface area contributed by atoms with E-state index in [9.17, 15) is 0 Å². The highest BCUT2D eigenvalue weighted by molar-refractivity contribution is 4.77. The maximum Gasteiger partial charge on any atom is 0.0468 e. The van der Waals surface area contributed by atoms with Crippen molar-refractivity contribution >= 4 is 0 Å². The zero-order chi connectivity index (χ0) is 15.8. The van der Waals surface area contributed by atoms with E-state index < -0.39 is 0 Å². The van der Waals surface area contributed by atoms with Gasteiger partial charge in [-0.2, -0.15) is 0 Å². The van der Waals surface area contributed by atoms with Gasteiger partial charge in [-0.25, -0.2) is 0 Å². The highest BCUT2D eigenvalue weighted by Crippen LogP contribution is 2.24. The third kappa shape index (κ3) is 6.17. The number of hydrogen-bond acceptors (Lipinski definition) is 3. The van der Waals surface area contributed by atoms with Gasteiger partial charge in [0.05, 0.1) is 0 Å². The van der Waals surface area contributed by atoms with Crippen molar-refractivity contribution in [1.29, 1.82) is 0 Å². The molecule has 0 aromatic carbocycles. The normalized spacial score (nSPS) is 23.5. The molecule has 0 aromatic heterocycles. The Morgan fingerprint density at radius 2 is 1.50 bits per heavy atom. The molecule has 0 unspecified atom stereocenters. The van der Waals surface area contributed by atoms with Crippen LogP contribution in [0.3, 0.4) is 0 Å². The number of piperidine rings is 2. The van der Waals surface area contributed by atoms with Crippen molar-refractivity contribution in [3.05, 3.63) is 0 Å². The third-order valence-electron chi connectivity index (χ3n) is 5.81. The molecule has 130 valence electrons. The third-order valence-corrected chi connectivity index (χ3v) is 5.81. The average Bonchev–Trinajstić information content (AvgIpc) is 2.55. The largest absolute Gasteiger partial charge is 0.382 e. The Hall–Kier alpha value is -0.120. The van der Waals surface area contributed by atoms with Crippen molar-refractivity contribution in [2.24, 2.45) is 11.8 Å². The summed E-state index contributed by atoms with van der Waals surface area (Å²) >= 11 is 0. The molecule has 0 bridgehead atoms. The van der Waals surface area contributed by atoms with E-state index in [-0.39, 0.29) is 0 Å². The van der Waals surface area contributed by atoms with Crippen molar-refractivity contribution in [1.82, 2.24) is 9.80 Å². The van der Waals surface area contributed by atoms with E-state index in [1.165, 1.54) is 71.2 Å². The minimum absolute atomic E-state index is 0.733. The Kier molecular flexibility index (Phi) is 8.19. The zero-order valence-electron chi connectivity index (χ0n) is 15.2. The molecule has 0 aliphatic carbocycles. The van der Waals surface area contributed by atoms with Gasteiger partial charge in [0, 0.05) is 19.3 Å². The minimum atomic E-state index is 0.733. The second-order valence-corrected chi connectivity index (χ2v) is 7.63. The summed E-state index contributed by atoms with van der Waals surface area (Å²) in [4.78, 5) is 5.35. The highest BCUT2D eigenvalue weighted by Gasteiger charge is 2.23. The van der Waals surface area contributed by atoms with E-state index in [0.29, 0.717) is 0 Å². The van der Waals surface area contributed by atoms with Crippen LogP contribution in [-0.4, -0.2) is 61.8 Å². The second kappa shape index (κ2) is 9.89. The van der Waals surface area contributed by atoms with Gasteiger partial charge < -0.3 is 14.5 Å². The summed E-state index contributed by atoms with van der Waals surface area (Å²) in [7, 11) is 0. The fourth-order valence-electron chi connectivity index (χ4n) is 4.02. The first-order valence-corrected chi connectivity index (χ1v) is 9.73. The summed E-state index contributed by atoms with van der Waals surface area (Å²) in [5.41, 5.74) is 0. The minimum Gasteiger partial charge on any atom is -0.382 e. The maximum atomic E-state index is 5.50. The van der Waals surface area contributed by atoms with Crippen molar-refractivity contribution in [3.63, 3.8) is 0 Å². The first-order chi connectivity index (χ1) is 10.7. The van der Waals surface area contributed by atoms with E-state index in [1.807, 2.05) is 0 Å². The predicted molar refractivity (Wildman–Crippen MR) is 94.3 cm³/mol. The predicted octanol–water partition coefficient (Wildman–Crippen LogP) is 3.64. The number of hydrogen-bond donors (Lipinski definition) is 0. The maximum absolute atomic E-state index is 5.50. The molecular formula is C19H38N2O. The molecule has 3 heteroatoms. The number of likely N-dealkylation sites (tertiary alicyclic amines) is 2. The Morgan fingerprint density at radius 3 is 2.09 bits per heavy atom. The molecule has 0 saturated carbocycles. The lowest BCUT2D eigenvalue weighted by Crippen LogP contribution is -2.40. The quantitative estimate of drug-likeness (QED) is 0.637. The Morgan fingerprint density at radius 1 is 0.909 bits per heavy atom. The number of rotatable bonds is 8. The van der Waals surface area contributed by atoms with Gasteiger partial charge in [-0.1, -0.05) is 0 Å². The molecule has 2 heterocycles. The molecule has 22 heavy (non-hydrogen) atoms. The Bertz CT molecular complexity index is 279. The van der Waals surface area contributed by atoms with Gasteiger partial charge in [0.25, 0.3) is 0 Å². The smallest absolute Gasteiger partial charge is 0.0468 e. The van der Waals surface area contributed by atoms with Crippen LogP contribution in [0.4, 0.5) is 0 Å². The monoisotopic (exact) mass is 310 g/mol. The molecule has 0 atom stereocenters. The van der Waals surface area contributed by atoms with Crippen molar-refractivity contribution in [2.45, 2.75) is 65.3 Å². The zero-order valence-corrected chi connectivity index (χ0v) is 15.2. The summed E-state index contributed by atoms with van der Waals surface area (Å²) in [6.45, 7) is 15.2. The van der Waals surface area contributed by atoms with Gasteiger partial charge in [-0.05, 0) is 104 Å². The fraction of sp³-hybridized carbons (Fsp3) is 1.00. The van der Waals surface area contributed by atoms with E-state index in [1.54, 1.807) is 0 Å². The lowest BCUT2D eigenvalue weighted by atomic mass is 9.91. The summed E-state index contributed by atoms with van der Waals surface area (Å²) in [6.07, 6.45) is 8.31. The SMILES string of the molecule is CCOCCC1CCN(CCC2CCN(C(C)C)CC2)CC1. The van der Waals surface area contributed by atoms with E-state index in [0.717, 1.165) is 31.1 Å². The average molecular weight is 311 g/mol. The molecule has 0 spiro atoms. The second-order valence-electron chi connectivity index (χ2n) is 7.63. The molecule has 2 fully saturated rings. The molecule has 2 aliphatic rings. The number of nitrogens with zero attached hydrogens (tertiary/aromatic N) is 2. The van der Waals surface area contributed by atoms with Crippen LogP contribution < -0.4 is 0 Å². The molecular weight excluding hydrogens is 272 g/mol. The van der Waals surface area contributed by atoms with Crippen LogP contribution in [-0.2, 0) is 4.74 Å². The van der Waals surface area contributed by atoms with Gasteiger partial charge in [-0.3, -0.25) is 0 Å². The number of ether oxygens (including phenoxy) is 1. The standard InChI is InChI=1S/C19H38N2O/c1-4-22-16-10-19-6-12-20(13-7-19)11-5-18-8-14-21(15-9-18)17(2)3/h17-19H,4-16H2,1-3H3. The van der Waals surface area contributed by atoms with E-state index in [2.05, 4.69) is 30.6 Å². The van der Waals surface area contributed by atoms with Crippen LogP contribution >= 0.6 is 0 Å². The van der Waals surface area contributed by atoms with Crippen LogP contribution in [0.2, 0.25) is 0 Å². The van der Waals surface area contributed by atoms with Crippen LogP contribution in [0.15, 0.2) is 0 Å². The van der Waals surface area contributed by atoms with Crippen molar-refractivity contribution < 1.29 is 4.74 Å². The highest BCUT2D eigenvalue weighted by atomic mass is 16.5. The molecule has 0 N–H and O–H groups in total. The topological polar surface area (TPSA) is 15.7 Å². The van der Waals surface area contributed by atoms with Gasteiger partial charge in [-0.15, -0.1) is 0 Å². The fourth-order valence-corrected chi connectivity index (χ4v) is 4.02. The van der Waals surface area contributed by atoms with E-state index >= 15 is 0 Å². The molecule has 0 radical (unpaired) electrons. The lowest BCUT2D eigenvalue weighted by molar-refractivity contribution is 0.102. The van der Waals surface area contributed by atoms with Crippen LogP contribution in [0.1, 0.15) is 59.3 Å². The Labute approximate surface area is 138 Å². The van der Waals surface area contributed by atoms with Gasteiger partial charge in [0.1, 0.15) is 0 Å². The van der Waals surface area contributed by atoms with Gasteiger partial charge >= 0.3 is 0 Å². The first kappa shape index (κ1) is 18.2. The van der Waals surface area contributed by atoms with E-state index in [4.69, 9.17) is 4.74 Å². The Balaban J connectivity index is 1.54. The molecule has 2 rings (SSSR count). The van der Waals surface area contributed by atoms with Crippen LogP contribution in [0, 0.1) is 11.8 Å². The molecule has 0 amide bonds. The van der Waals surface area contributed by atoms with Gasteiger partial charge in [0.15, 0.2) is 0 Å². The summed E-state index contributed by atoms with van der Waals surface area (Å²) < 4.78 is 5.50. The lowest BCUT2D eigenvalue weighted by Gasteiger charge is -2.36. The summed E-state index contributed by atoms with van der Waals surface area (Å²) in [6, 6.07) is 0.733.